The number of benzene rings is 2. The van der Waals surface area contributed by atoms with Gasteiger partial charge in [0.15, 0.2) is 0 Å². The highest BCUT2D eigenvalue weighted by Crippen LogP contribution is 2.37. The molecular weight excluding hydrogens is 359 g/mol. The molecule has 0 atom stereocenters. The van der Waals surface area contributed by atoms with Gasteiger partial charge >= 0.3 is 0 Å². The maximum atomic E-state index is 13.9. The number of amides is 2. The summed E-state index contributed by atoms with van der Waals surface area (Å²) in [6.45, 7) is 3.82. The minimum atomic E-state index is -0.701. The summed E-state index contributed by atoms with van der Waals surface area (Å²) in [5.74, 6) is -0.963. The topological polar surface area (TPSA) is 58.6 Å². The van der Waals surface area contributed by atoms with Crippen LogP contribution in [0.2, 0.25) is 5.02 Å². The first kappa shape index (κ1) is 18.2. The zero-order chi connectivity index (χ0) is 19.1. The molecular formula is C19H18ClFN2O3. The fourth-order valence-electron chi connectivity index (χ4n) is 2.78. The third-order valence-electron chi connectivity index (χ3n) is 4.24. The third kappa shape index (κ3) is 3.24. The lowest BCUT2D eigenvalue weighted by atomic mass is 9.93. The molecule has 1 N–H and O–H groups in total. The molecule has 0 unspecified atom stereocenters. The van der Waals surface area contributed by atoms with E-state index in [1.54, 1.807) is 39.1 Å². The van der Waals surface area contributed by atoms with Gasteiger partial charge in [0, 0.05) is 18.8 Å². The molecule has 2 amide bonds. The van der Waals surface area contributed by atoms with E-state index in [0.29, 0.717) is 17.1 Å². The number of halogens is 2. The number of rotatable bonds is 2. The molecule has 26 heavy (non-hydrogen) atoms. The molecule has 5 nitrogen and oxygen atoms in total. The molecule has 0 aromatic heterocycles. The van der Waals surface area contributed by atoms with Crippen LogP contribution < -0.4 is 15.0 Å². The standard InChI is InChI=1S/C19H18ClFN2O3/c1-19(2)10-26-15-9-11(7-8-14(15)23(3)18(19)25)22-17(24)16-12(20)5-4-6-13(16)21/h4-9H,10H2,1-3H3,(H,22,24). The summed E-state index contributed by atoms with van der Waals surface area (Å²) in [4.78, 5) is 26.4. The molecule has 0 saturated carbocycles. The van der Waals surface area contributed by atoms with E-state index >= 15 is 0 Å². The van der Waals surface area contributed by atoms with Crippen molar-refractivity contribution in [3.05, 3.63) is 52.8 Å². The first-order valence-corrected chi connectivity index (χ1v) is 8.39. The number of nitrogens with one attached hydrogen (secondary N) is 1. The van der Waals surface area contributed by atoms with E-state index in [-0.39, 0.29) is 23.1 Å². The molecule has 0 spiro atoms. The summed E-state index contributed by atoms with van der Waals surface area (Å²) in [6, 6.07) is 8.95. The van der Waals surface area contributed by atoms with E-state index in [1.807, 2.05) is 0 Å². The van der Waals surface area contributed by atoms with Gasteiger partial charge in [0.25, 0.3) is 5.91 Å². The Morgan fingerprint density at radius 3 is 2.73 bits per heavy atom. The largest absolute Gasteiger partial charge is 0.490 e. The summed E-state index contributed by atoms with van der Waals surface area (Å²) in [7, 11) is 1.68. The fourth-order valence-corrected chi connectivity index (χ4v) is 3.03. The maximum Gasteiger partial charge on any atom is 0.260 e. The zero-order valence-corrected chi connectivity index (χ0v) is 15.4. The molecule has 1 heterocycles. The van der Waals surface area contributed by atoms with Gasteiger partial charge in [0.05, 0.1) is 21.7 Å². The van der Waals surface area contributed by atoms with Crippen LogP contribution in [0.5, 0.6) is 5.75 Å². The van der Waals surface area contributed by atoms with Crippen LogP contribution in [0.3, 0.4) is 0 Å². The van der Waals surface area contributed by atoms with Crippen LogP contribution in [0.25, 0.3) is 0 Å². The Labute approximate surface area is 155 Å². The summed E-state index contributed by atoms with van der Waals surface area (Å²) >= 11 is 5.92. The first-order chi connectivity index (χ1) is 12.2. The lowest BCUT2D eigenvalue weighted by molar-refractivity contribution is -0.127. The highest BCUT2D eigenvalue weighted by molar-refractivity contribution is 6.34. The second kappa shape index (κ2) is 6.61. The van der Waals surface area contributed by atoms with Gasteiger partial charge in [0.2, 0.25) is 5.91 Å². The van der Waals surface area contributed by atoms with E-state index in [9.17, 15) is 14.0 Å². The lowest BCUT2D eigenvalue weighted by Crippen LogP contribution is -2.39. The molecule has 0 saturated heterocycles. The van der Waals surface area contributed by atoms with Crippen molar-refractivity contribution >= 4 is 34.8 Å². The van der Waals surface area contributed by atoms with Crippen LogP contribution in [0, 0.1) is 11.2 Å². The van der Waals surface area contributed by atoms with Crippen molar-refractivity contribution < 1.29 is 18.7 Å². The average Bonchev–Trinajstić information content (AvgIpc) is 2.66. The molecule has 3 rings (SSSR count). The van der Waals surface area contributed by atoms with Crippen LogP contribution in [0.15, 0.2) is 36.4 Å². The van der Waals surface area contributed by atoms with E-state index < -0.39 is 17.1 Å². The fraction of sp³-hybridized carbons (Fsp3) is 0.263. The number of hydrogen-bond acceptors (Lipinski definition) is 3. The predicted octanol–water partition coefficient (Wildman–Crippen LogP) is 4.11. The molecule has 0 aliphatic carbocycles. The monoisotopic (exact) mass is 376 g/mol. The number of anilines is 2. The molecule has 2 aromatic rings. The van der Waals surface area contributed by atoms with Crippen LogP contribution in [0.4, 0.5) is 15.8 Å². The van der Waals surface area contributed by atoms with Crippen molar-refractivity contribution in [3.63, 3.8) is 0 Å². The zero-order valence-electron chi connectivity index (χ0n) is 14.6. The Kier molecular flexibility index (Phi) is 4.63. The number of ether oxygens (including phenoxy) is 1. The summed E-state index contributed by atoms with van der Waals surface area (Å²) in [5.41, 5.74) is 0.118. The smallest absolute Gasteiger partial charge is 0.260 e. The minimum absolute atomic E-state index is 0.0283. The van der Waals surface area contributed by atoms with E-state index in [0.717, 1.165) is 0 Å². The van der Waals surface area contributed by atoms with Gasteiger partial charge < -0.3 is 15.0 Å². The Bertz CT molecular complexity index is 878. The van der Waals surface area contributed by atoms with E-state index in [2.05, 4.69) is 5.32 Å². The quantitative estimate of drug-likeness (QED) is 0.858. The Hall–Kier alpha value is -2.60. The normalized spacial score (nSPS) is 15.7. The number of hydrogen-bond donors (Lipinski definition) is 1. The molecule has 1 aliphatic heterocycles. The van der Waals surface area contributed by atoms with Crippen molar-refractivity contribution in [2.75, 3.05) is 23.9 Å². The summed E-state index contributed by atoms with van der Waals surface area (Å²) < 4.78 is 19.7. The molecule has 0 fully saturated rings. The van der Waals surface area contributed by atoms with E-state index in [1.165, 1.54) is 23.1 Å². The van der Waals surface area contributed by atoms with Gasteiger partial charge in [-0.15, -0.1) is 0 Å². The van der Waals surface area contributed by atoms with Gasteiger partial charge in [-0.3, -0.25) is 9.59 Å². The van der Waals surface area contributed by atoms with Crippen LogP contribution >= 0.6 is 11.6 Å². The third-order valence-corrected chi connectivity index (χ3v) is 4.56. The average molecular weight is 377 g/mol. The Morgan fingerprint density at radius 2 is 2.04 bits per heavy atom. The molecule has 7 heteroatoms. The lowest BCUT2D eigenvalue weighted by Gasteiger charge is -2.24. The van der Waals surface area contributed by atoms with Crippen molar-refractivity contribution in [3.8, 4) is 5.75 Å². The Balaban J connectivity index is 1.90. The number of fused-ring (bicyclic) bond motifs is 1. The maximum absolute atomic E-state index is 13.9. The van der Waals surface area contributed by atoms with Crippen LogP contribution in [-0.2, 0) is 4.79 Å². The number of nitrogens with zero attached hydrogens (tertiary/aromatic N) is 1. The summed E-state index contributed by atoms with van der Waals surface area (Å²) in [6.07, 6.45) is 0. The molecule has 136 valence electrons. The second-order valence-electron chi connectivity index (χ2n) is 6.77. The van der Waals surface area contributed by atoms with Crippen molar-refractivity contribution in [2.24, 2.45) is 5.41 Å². The minimum Gasteiger partial charge on any atom is -0.490 e. The highest BCUT2D eigenvalue weighted by Gasteiger charge is 2.36. The summed E-state index contributed by atoms with van der Waals surface area (Å²) in [5, 5.41) is 2.64. The highest BCUT2D eigenvalue weighted by atomic mass is 35.5. The number of carbonyl (C=O) groups excluding carboxylic acids is 2. The molecule has 1 aliphatic rings. The van der Waals surface area contributed by atoms with Gasteiger partial charge in [-0.05, 0) is 38.1 Å². The molecule has 0 radical (unpaired) electrons. The van der Waals surface area contributed by atoms with Gasteiger partial charge in [-0.1, -0.05) is 17.7 Å². The van der Waals surface area contributed by atoms with Crippen molar-refractivity contribution in [1.82, 2.24) is 0 Å². The first-order valence-electron chi connectivity index (χ1n) is 8.01. The second-order valence-corrected chi connectivity index (χ2v) is 7.18. The SMILES string of the molecule is CN1C(=O)C(C)(C)COc2cc(NC(=O)c3c(F)cccc3Cl)ccc21. The van der Waals surface area contributed by atoms with Crippen molar-refractivity contribution in [1.29, 1.82) is 0 Å². The van der Waals surface area contributed by atoms with Gasteiger partial charge in [-0.25, -0.2) is 4.39 Å². The van der Waals surface area contributed by atoms with E-state index in [4.69, 9.17) is 16.3 Å². The molecule has 2 aromatic carbocycles. The molecule has 0 bridgehead atoms. The number of carbonyl (C=O) groups is 2. The van der Waals surface area contributed by atoms with Crippen LogP contribution in [-0.4, -0.2) is 25.5 Å². The van der Waals surface area contributed by atoms with Crippen molar-refractivity contribution in [2.45, 2.75) is 13.8 Å². The Morgan fingerprint density at radius 1 is 1.31 bits per heavy atom. The van der Waals surface area contributed by atoms with Gasteiger partial charge in [0.1, 0.15) is 18.2 Å². The van der Waals surface area contributed by atoms with Gasteiger partial charge in [-0.2, -0.15) is 0 Å². The predicted molar refractivity (Wildman–Crippen MR) is 98.5 cm³/mol. The van der Waals surface area contributed by atoms with Crippen LogP contribution in [0.1, 0.15) is 24.2 Å².